The molecule has 0 amide bonds. The predicted octanol–water partition coefficient (Wildman–Crippen LogP) is 1.84. The second-order valence-electron chi connectivity index (χ2n) is 4.46. The summed E-state index contributed by atoms with van der Waals surface area (Å²) in [6.45, 7) is 3.51. The summed E-state index contributed by atoms with van der Waals surface area (Å²) in [5, 5.41) is 7.73. The third kappa shape index (κ3) is 2.90. The lowest BCUT2D eigenvalue weighted by atomic mass is 10.0. The van der Waals surface area contributed by atoms with Gasteiger partial charge < -0.3 is 11.1 Å². The van der Waals surface area contributed by atoms with Gasteiger partial charge in [-0.25, -0.2) is 0 Å². The third-order valence-electron chi connectivity index (χ3n) is 3.11. The molecule has 18 heavy (non-hydrogen) atoms. The Balaban J connectivity index is 2.05. The van der Waals surface area contributed by atoms with Crippen LogP contribution in [0.1, 0.15) is 16.8 Å². The smallest absolute Gasteiger partial charge is 0.148 e. The zero-order chi connectivity index (χ0) is 13.0. The average Bonchev–Trinajstić information content (AvgIpc) is 2.68. The summed E-state index contributed by atoms with van der Waals surface area (Å²) < 4.78 is 1.87. The first-order chi connectivity index (χ1) is 8.70. The Morgan fingerprint density at radius 1 is 1.28 bits per heavy atom. The molecule has 0 atom stereocenters. The zero-order valence-electron chi connectivity index (χ0n) is 11.0. The first-order valence-electron chi connectivity index (χ1n) is 6.22. The highest BCUT2D eigenvalue weighted by atomic mass is 15.3. The highest BCUT2D eigenvalue weighted by Gasteiger charge is 2.03. The maximum atomic E-state index is 5.62. The monoisotopic (exact) mass is 244 g/mol. The zero-order valence-corrected chi connectivity index (χ0v) is 11.0. The molecule has 0 unspecified atom stereocenters. The molecule has 0 radical (unpaired) electrons. The van der Waals surface area contributed by atoms with Crippen molar-refractivity contribution in [2.75, 3.05) is 11.9 Å². The van der Waals surface area contributed by atoms with Gasteiger partial charge in [-0.2, -0.15) is 5.10 Å². The summed E-state index contributed by atoms with van der Waals surface area (Å²) in [5.74, 6) is 0.914. The van der Waals surface area contributed by atoms with Crippen molar-refractivity contribution in [1.29, 1.82) is 0 Å². The number of nitrogens with zero attached hydrogens (tertiary/aromatic N) is 2. The molecular formula is C14H20N4. The number of hydrogen-bond acceptors (Lipinski definition) is 3. The van der Waals surface area contributed by atoms with Crippen molar-refractivity contribution in [2.24, 2.45) is 12.8 Å². The van der Waals surface area contributed by atoms with E-state index in [1.807, 2.05) is 24.7 Å². The topological polar surface area (TPSA) is 55.9 Å². The number of nitrogens with one attached hydrogen (secondary N) is 1. The number of benzene rings is 1. The van der Waals surface area contributed by atoms with Gasteiger partial charge in [0.1, 0.15) is 5.82 Å². The van der Waals surface area contributed by atoms with E-state index >= 15 is 0 Å². The van der Waals surface area contributed by atoms with Crippen LogP contribution in [0.4, 0.5) is 5.82 Å². The summed E-state index contributed by atoms with van der Waals surface area (Å²) in [5.41, 5.74) is 9.36. The molecule has 0 spiro atoms. The van der Waals surface area contributed by atoms with Gasteiger partial charge in [0.15, 0.2) is 0 Å². The van der Waals surface area contributed by atoms with Crippen molar-refractivity contribution in [3.8, 4) is 0 Å². The first-order valence-corrected chi connectivity index (χ1v) is 6.22. The van der Waals surface area contributed by atoms with Gasteiger partial charge in [-0.3, -0.25) is 4.68 Å². The Bertz CT molecular complexity index is 497. The molecule has 0 bridgehead atoms. The van der Waals surface area contributed by atoms with Gasteiger partial charge >= 0.3 is 0 Å². The highest BCUT2D eigenvalue weighted by Crippen LogP contribution is 2.13. The fraction of sp³-hybridized carbons (Fsp3) is 0.357. The molecule has 1 aromatic heterocycles. The lowest BCUT2D eigenvalue weighted by Crippen LogP contribution is -2.08. The summed E-state index contributed by atoms with van der Waals surface area (Å²) in [6.07, 6.45) is 0.916. The molecule has 0 aliphatic rings. The lowest BCUT2D eigenvalue weighted by Gasteiger charge is -2.09. The molecule has 4 heteroatoms. The van der Waals surface area contributed by atoms with Crippen molar-refractivity contribution < 1.29 is 0 Å². The minimum atomic E-state index is 0.680. The molecule has 1 heterocycles. The summed E-state index contributed by atoms with van der Waals surface area (Å²) >= 11 is 0. The number of rotatable bonds is 5. The second-order valence-corrected chi connectivity index (χ2v) is 4.46. The number of anilines is 1. The summed E-state index contributed by atoms with van der Waals surface area (Å²) in [4.78, 5) is 0. The standard InChI is InChI=1S/C14H20N4/c1-11-9-14(17-18(11)2)16-10-13-6-4-3-5-12(13)7-8-15/h3-6,9H,7-8,10,15H2,1-2H3,(H,16,17). The molecule has 96 valence electrons. The van der Waals surface area contributed by atoms with Crippen LogP contribution >= 0.6 is 0 Å². The number of hydrogen-bond donors (Lipinski definition) is 2. The fourth-order valence-corrected chi connectivity index (χ4v) is 1.96. The minimum Gasteiger partial charge on any atom is -0.365 e. The molecule has 0 saturated heterocycles. The van der Waals surface area contributed by atoms with Crippen LogP contribution in [0.3, 0.4) is 0 Å². The summed E-state index contributed by atoms with van der Waals surface area (Å²) in [7, 11) is 1.95. The van der Waals surface area contributed by atoms with Crippen LogP contribution in [-0.4, -0.2) is 16.3 Å². The SMILES string of the molecule is Cc1cc(NCc2ccccc2CCN)nn1C. The van der Waals surface area contributed by atoms with Crippen LogP contribution in [0.5, 0.6) is 0 Å². The lowest BCUT2D eigenvalue weighted by molar-refractivity contribution is 0.741. The van der Waals surface area contributed by atoms with E-state index in [1.165, 1.54) is 11.1 Å². The van der Waals surface area contributed by atoms with Crippen LogP contribution in [0.2, 0.25) is 0 Å². The van der Waals surface area contributed by atoms with E-state index < -0.39 is 0 Å². The van der Waals surface area contributed by atoms with Gasteiger partial charge in [0.2, 0.25) is 0 Å². The van der Waals surface area contributed by atoms with Gasteiger partial charge in [0.25, 0.3) is 0 Å². The molecule has 2 aromatic rings. The van der Waals surface area contributed by atoms with Gasteiger partial charge in [-0.1, -0.05) is 24.3 Å². The van der Waals surface area contributed by atoms with Crippen LogP contribution in [0.15, 0.2) is 30.3 Å². The molecule has 0 aliphatic heterocycles. The van der Waals surface area contributed by atoms with Crippen molar-refractivity contribution in [1.82, 2.24) is 9.78 Å². The van der Waals surface area contributed by atoms with Gasteiger partial charge in [-0.05, 0) is 31.0 Å². The third-order valence-corrected chi connectivity index (χ3v) is 3.11. The maximum Gasteiger partial charge on any atom is 0.148 e. The van der Waals surface area contributed by atoms with E-state index in [0.717, 1.165) is 24.5 Å². The molecular weight excluding hydrogens is 224 g/mol. The Morgan fingerprint density at radius 3 is 2.61 bits per heavy atom. The maximum absolute atomic E-state index is 5.62. The van der Waals surface area contributed by atoms with Crippen LogP contribution in [0.25, 0.3) is 0 Å². The minimum absolute atomic E-state index is 0.680. The van der Waals surface area contributed by atoms with Gasteiger partial charge in [0.05, 0.1) is 0 Å². The summed E-state index contributed by atoms with van der Waals surface area (Å²) in [6, 6.07) is 10.4. The molecule has 0 fully saturated rings. The van der Waals surface area contributed by atoms with E-state index in [2.05, 4.69) is 34.7 Å². The number of nitrogens with two attached hydrogens (primary N) is 1. The van der Waals surface area contributed by atoms with E-state index in [1.54, 1.807) is 0 Å². The Kier molecular flexibility index (Phi) is 3.99. The Hall–Kier alpha value is -1.81. The van der Waals surface area contributed by atoms with Crippen LogP contribution in [0, 0.1) is 6.92 Å². The van der Waals surface area contributed by atoms with E-state index in [9.17, 15) is 0 Å². The van der Waals surface area contributed by atoms with E-state index in [4.69, 9.17) is 5.73 Å². The molecule has 0 saturated carbocycles. The highest BCUT2D eigenvalue weighted by molar-refractivity contribution is 5.38. The normalized spacial score (nSPS) is 10.6. The first kappa shape index (κ1) is 12.6. The van der Waals surface area contributed by atoms with E-state index in [0.29, 0.717) is 6.54 Å². The van der Waals surface area contributed by atoms with Gasteiger partial charge in [0, 0.05) is 25.4 Å². The number of aryl methyl sites for hydroxylation is 2. The molecule has 2 rings (SSSR count). The molecule has 3 N–H and O–H groups in total. The molecule has 4 nitrogen and oxygen atoms in total. The Labute approximate surface area is 108 Å². The predicted molar refractivity (Wildman–Crippen MR) is 74.5 cm³/mol. The van der Waals surface area contributed by atoms with Crippen molar-refractivity contribution >= 4 is 5.82 Å². The average molecular weight is 244 g/mol. The largest absolute Gasteiger partial charge is 0.365 e. The Morgan fingerprint density at radius 2 is 2.00 bits per heavy atom. The number of aromatic nitrogens is 2. The fourth-order valence-electron chi connectivity index (χ4n) is 1.96. The molecule has 0 aliphatic carbocycles. The van der Waals surface area contributed by atoms with Crippen LogP contribution < -0.4 is 11.1 Å². The molecule has 1 aromatic carbocycles. The van der Waals surface area contributed by atoms with E-state index in [-0.39, 0.29) is 0 Å². The van der Waals surface area contributed by atoms with Crippen molar-refractivity contribution in [2.45, 2.75) is 19.9 Å². The quantitative estimate of drug-likeness (QED) is 0.844. The second kappa shape index (κ2) is 5.69. The van der Waals surface area contributed by atoms with Crippen LogP contribution in [-0.2, 0) is 20.0 Å². The van der Waals surface area contributed by atoms with Crippen molar-refractivity contribution in [3.05, 3.63) is 47.2 Å². The van der Waals surface area contributed by atoms with Gasteiger partial charge in [-0.15, -0.1) is 0 Å². The van der Waals surface area contributed by atoms with Crippen molar-refractivity contribution in [3.63, 3.8) is 0 Å².